The number of aromatic nitrogens is 2. The normalized spacial score (nSPS) is 20.8. The Bertz CT molecular complexity index is 719. The van der Waals surface area contributed by atoms with Gasteiger partial charge in [-0.05, 0) is 25.0 Å². The van der Waals surface area contributed by atoms with Crippen LogP contribution in [0.2, 0.25) is 0 Å². The molecule has 1 aliphatic carbocycles. The summed E-state index contributed by atoms with van der Waals surface area (Å²) >= 11 is 1.18. The summed E-state index contributed by atoms with van der Waals surface area (Å²) in [5.74, 6) is 0.0339. The highest BCUT2D eigenvalue weighted by Crippen LogP contribution is 2.24. The van der Waals surface area contributed by atoms with Crippen LogP contribution in [0.15, 0.2) is 18.2 Å². The Kier molecular flexibility index (Phi) is 5.24. The number of hydrogen-bond acceptors (Lipinski definition) is 6. The minimum atomic E-state index is 0.0339. The van der Waals surface area contributed by atoms with Crippen molar-refractivity contribution < 1.29 is 4.79 Å². The fourth-order valence-electron chi connectivity index (χ4n) is 4.03. The van der Waals surface area contributed by atoms with Crippen molar-refractivity contribution in [2.75, 3.05) is 38.0 Å². The average Bonchev–Trinajstić information content (AvgIpc) is 3.13. The lowest BCUT2D eigenvalue weighted by Gasteiger charge is -2.40. The van der Waals surface area contributed by atoms with Gasteiger partial charge in [-0.15, -0.1) is 0 Å². The molecule has 2 aromatic rings. The molecule has 4 rings (SSSR count). The molecule has 0 bridgehead atoms. The molecule has 1 aliphatic heterocycles. The number of carbonyl (C=O) groups excluding carboxylic acids is 1. The third kappa shape index (κ3) is 3.99. The van der Waals surface area contributed by atoms with Crippen LogP contribution in [0.4, 0.5) is 5.69 Å². The van der Waals surface area contributed by atoms with Crippen LogP contribution in [0.5, 0.6) is 0 Å². The summed E-state index contributed by atoms with van der Waals surface area (Å²) in [6.07, 6.45) is 6.87. The summed E-state index contributed by atoms with van der Waals surface area (Å²) in [5.41, 5.74) is 2.38. The van der Waals surface area contributed by atoms with Gasteiger partial charge < -0.3 is 5.32 Å². The van der Waals surface area contributed by atoms with E-state index in [1.165, 1.54) is 43.8 Å². The molecular weight excluding hydrogens is 334 g/mol. The van der Waals surface area contributed by atoms with Crippen molar-refractivity contribution in [3.63, 3.8) is 0 Å². The molecule has 25 heavy (non-hydrogen) atoms. The molecule has 1 saturated heterocycles. The molecule has 0 unspecified atom stereocenters. The van der Waals surface area contributed by atoms with Crippen LogP contribution >= 0.6 is 11.7 Å². The number of carbonyl (C=O) groups is 1. The van der Waals surface area contributed by atoms with E-state index in [1.807, 2.05) is 18.2 Å². The molecule has 0 spiro atoms. The predicted molar refractivity (Wildman–Crippen MR) is 101 cm³/mol. The Balaban J connectivity index is 1.28. The van der Waals surface area contributed by atoms with Crippen LogP contribution in [0.25, 0.3) is 11.0 Å². The molecule has 7 heteroatoms. The van der Waals surface area contributed by atoms with E-state index in [2.05, 4.69) is 23.9 Å². The standard InChI is InChI=1S/C18H25N5OS/c24-17(19-15-7-4-8-16-18(15)21-25-20-16)13-22-9-11-23(12-10-22)14-5-2-1-3-6-14/h4,7-8,14H,1-3,5-6,9-13H2,(H,19,24). The Morgan fingerprint density at radius 2 is 1.92 bits per heavy atom. The van der Waals surface area contributed by atoms with Gasteiger partial charge in [-0.3, -0.25) is 14.6 Å². The van der Waals surface area contributed by atoms with Crippen molar-refractivity contribution in [2.45, 2.75) is 38.1 Å². The molecule has 2 heterocycles. The second-order valence-electron chi connectivity index (χ2n) is 7.09. The number of anilines is 1. The maximum atomic E-state index is 12.4. The monoisotopic (exact) mass is 359 g/mol. The van der Waals surface area contributed by atoms with Crippen molar-refractivity contribution in [3.8, 4) is 0 Å². The molecule has 0 radical (unpaired) electrons. The number of hydrogen-bond donors (Lipinski definition) is 1. The van der Waals surface area contributed by atoms with Gasteiger partial charge in [-0.2, -0.15) is 8.75 Å². The van der Waals surface area contributed by atoms with Crippen LogP contribution < -0.4 is 5.32 Å². The molecule has 1 N–H and O–H groups in total. The first-order valence-electron chi connectivity index (χ1n) is 9.27. The third-order valence-electron chi connectivity index (χ3n) is 5.43. The number of amides is 1. The summed E-state index contributed by atoms with van der Waals surface area (Å²) < 4.78 is 8.49. The molecular formula is C18H25N5OS. The van der Waals surface area contributed by atoms with Gasteiger partial charge in [0.25, 0.3) is 0 Å². The molecule has 2 fully saturated rings. The van der Waals surface area contributed by atoms with E-state index in [9.17, 15) is 4.79 Å². The van der Waals surface area contributed by atoms with E-state index in [1.54, 1.807) is 0 Å². The quantitative estimate of drug-likeness (QED) is 0.909. The number of piperazine rings is 1. The van der Waals surface area contributed by atoms with Crippen LogP contribution in [0.1, 0.15) is 32.1 Å². The Labute approximate surface area is 152 Å². The Morgan fingerprint density at radius 3 is 2.72 bits per heavy atom. The smallest absolute Gasteiger partial charge is 0.238 e. The SMILES string of the molecule is O=C(CN1CCN(C2CCCCC2)CC1)Nc1cccc2nsnc12. The first-order valence-corrected chi connectivity index (χ1v) is 10.0. The summed E-state index contributed by atoms with van der Waals surface area (Å²) in [5, 5.41) is 3.00. The maximum Gasteiger partial charge on any atom is 0.238 e. The predicted octanol–water partition coefficient (Wildman–Crippen LogP) is 2.58. The average molecular weight is 359 g/mol. The molecule has 0 atom stereocenters. The number of fused-ring (bicyclic) bond motifs is 1. The van der Waals surface area contributed by atoms with Gasteiger partial charge in [0.1, 0.15) is 11.0 Å². The molecule has 2 aliphatic rings. The molecule has 1 amide bonds. The van der Waals surface area contributed by atoms with Gasteiger partial charge in [0.15, 0.2) is 0 Å². The van der Waals surface area contributed by atoms with Crippen LogP contribution in [-0.4, -0.2) is 63.2 Å². The summed E-state index contributed by atoms with van der Waals surface area (Å²) in [6, 6.07) is 6.49. The highest BCUT2D eigenvalue weighted by atomic mass is 32.1. The number of rotatable bonds is 4. The van der Waals surface area contributed by atoms with Crippen molar-refractivity contribution in [2.24, 2.45) is 0 Å². The van der Waals surface area contributed by atoms with Crippen molar-refractivity contribution in [3.05, 3.63) is 18.2 Å². The van der Waals surface area contributed by atoms with Crippen LogP contribution in [-0.2, 0) is 4.79 Å². The highest BCUT2D eigenvalue weighted by molar-refractivity contribution is 7.00. The Hall–Kier alpha value is -1.57. The lowest BCUT2D eigenvalue weighted by Crippen LogP contribution is -2.52. The number of nitrogens with zero attached hydrogens (tertiary/aromatic N) is 4. The zero-order valence-corrected chi connectivity index (χ0v) is 15.3. The van der Waals surface area contributed by atoms with E-state index >= 15 is 0 Å². The zero-order valence-electron chi connectivity index (χ0n) is 14.5. The minimum absolute atomic E-state index is 0.0339. The van der Waals surface area contributed by atoms with Gasteiger partial charge in [-0.25, -0.2) is 0 Å². The maximum absolute atomic E-state index is 12.4. The molecule has 1 saturated carbocycles. The third-order valence-corrected chi connectivity index (χ3v) is 5.97. The van der Waals surface area contributed by atoms with Gasteiger partial charge in [0.05, 0.1) is 24.0 Å². The second-order valence-corrected chi connectivity index (χ2v) is 7.62. The molecule has 1 aromatic heterocycles. The van der Waals surface area contributed by atoms with E-state index in [-0.39, 0.29) is 5.91 Å². The van der Waals surface area contributed by atoms with Gasteiger partial charge in [-0.1, -0.05) is 25.3 Å². The van der Waals surface area contributed by atoms with Crippen molar-refractivity contribution in [1.82, 2.24) is 18.5 Å². The fraction of sp³-hybridized carbons (Fsp3) is 0.611. The number of nitrogens with one attached hydrogen (secondary N) is 1. The summed E-state index contributed by atoms with van der Waals surface area (Å²) in [7, 11) is 0. The lowest BCUT2D eigenvalue weighted by atomic mass is 9.94. The summed E-state index contributed by atoms with van der Waals surface area (Å²) in [4.78, 5) is 17.3. The second kappa shape index (κ2) is 7.76. The number of benzene rings is 1. The van der Waals surface area contributed by atoms with E-state index < -0.39 is 0 Å². The minimum Gasteiger partial charge on any atom is -0.323 e. The first-order chi connectivity index (χ1) is 12.3. The molecule has 134 valence electrons. The molecule has 1 aromatic carbocycles. The van der Waals surface area contributed by atoms with E-state index in [4.69, 9.17) is 0 Å². The van der Waals surface area contributed by atoms with Gasteiger partial charge in [0.2, 0.25) is 5.91 Å². The molecule has 6 nitrogen and oxygen atoms in total. The van der Waals surface area contributed by atoms with Crippen molar-refractivity contribution >= 4 is 34.4 Å². The van der Waals surface area contributed by atoms with Gasteiger partial charge in [0, 0.05) is 32.2 Å². The highest BCUT2D eigenvalue weighted by Gasteiger charge is 2.25. The first kappa shape index (κ1) is 16.9. The Morgan fingerprint density at radius 1 is 1.12 bits per heavy atom. The zero-order chi connectivity index (χ0) is 17.1. The van der Waals surface area contributed by atoms with Crippen molar-refractivity contribution in [1.29, 1.82) is 0 Å². The van der Waals surface area contributed by atoms with E-state index in [0.29, 0.717) is 6.54 Å². The topological polar surface area (TPSA) is 61.4 Å². The van der Waals surface area contributed by atoms with Crippen LogP contribution in [0.3, 0.4) is 0 Å². The lowest BCUT2D eigenvalue weighted by molar-refractivity contribution is -0.117. The largest absolute Gasteiger partial charge is 0.323 e. The summed E-state index contributed by atoms with van der Waals surface area (Å²) in [6.45, 7) is 4.58. The fourth-order valence-corrected chi connectivity index (χ4v) is 4.58. The van der Waals surface area contributed by atoms with Crippen LogP contribution in [0, 0.1) is 0 Å². The van der Waals surface area contributed by atoms with E-state index in [0.717, 1.165) is 48.9 Å². The van der Waals surface area contributed by atoms with Gasteiger partial charge >= 0.3 is 0 Å².